The molecule has 0 spiro atoms. The average Bonchev–Trinajstić information content (AvgIpc) is 3.41. The molecule has 0 N–H and O–H groups in total. The quantitative estimate of drug-likeness (QED) is 0.370. The Morgan fingerprint density at radius 3 is 2.52 bits per heavy atom. The number of tetrazole rings is 1. The third-order valence-corrected chi connectivity index (χ3v) is 4.10. The van der Waals surface area contributed by atoms with Crippen molar-refractivity contribution in [2.75, 3.05) is 0 Å². The number of esters is 1. The van der Waals surface area contributed by atoms with Gasteiger partial charge in [-0.25, -0.2) is 9.78 Å². The minimum absolute atomic E-state index is 0.112. The summed E-state index contributed by atoms with van der Waals surface area (Å²) in [5.41, 5.74) is 1.90. The van der Waals surface area contributed by atoms with Gasteiger partial charge in [0.15, 0.2) is 23.9 Å². The van der Waals surface area contributed by atoms with Crippen LogP contribution >= 0.6 is 0 Å². The molecule has 0 saturated carbocycles. The predicted octanol–water partition coefficient (Wildman–Crippen LogP) is 3.38. The van der Waals surface area contributed by atoms with E-state index in [1.165, 1.54) is 4.68 Å². The van der Waals surface area contributed by atoms with E-state index in [0.717, 1.165) is 11.1 Å². The topological polar surface area (TPSA) is 95.9 Å². The van der Waals surface area contributed by atoms with Gasteiger partial charge in [0.25, 0.3) is 0 Å². The minimum atomic E-state index is -0.594. The minimum Gasteiger partial charge on any atom is -0.451 e. The van der Waals surface area contributed by atoms with Crippen LogP contribution in [-0.4, -0.2) is 31.2 Å². The second-order valence-electron chi connectivity index (χ2n) is 6.14. The first-order valence-corrected chi connectivity index (χ1v) is 8.90. The zero-order valence-electron chi connectivity index (χ0n) is 15.6. The predicted molar refractivity (Wildman–Crippen MR) is 105 cm³/mol. The molecule has 0 aliphatic rings. The molecule has 29 heavy (non-hydrogen) atoms. The van der Waals surface area contributed by atoms with Crippen molar-refractivity contribution >= 4 is 17.7 Å². The van der Waals surface area contributed by atoms with E-state index in [1.807, 2.05) is 60.7 Å². The normalized spacial score (nSPS) is 11.4. The molecule has 0 bridgehead atoms. The Labute approximate surface area is 166 Å². The molecule has 0 fully saturated rings. The van der Waals surface area contributed by atoms with Crippen molar-refractivity contribution in [3.05, 3.63) is 84.1 Å². The van der Waals surface area contributed by atoms with E-state index in [9.17, 15) is 4.79 Å². The molecule has 0 saturated heterocycles. The Morgan fingerprint density at radius 2 is 1.83 bits per heavy atom. The van der Waals surface area contributed by atoms with Crippen LogP contribution < -0.4 is 0 Å². The van der Waals surface area contributed by atoms with Crippen molar-refractivity contribution in [2.24, 2.45) is 0 Å². The SMILES string of the molecule is Cc1nnnn1C(=Cc1ccccc1)C(=O)OCc1ncc(-c2ccccc2)o1. The number of ether oxygens (including phenoxy) is 1. The number of carbonyl (C=O) groups excluding carboxylic acids is 1. The van der Waals surface area contributed by atoms with Crippen molar-refractivity contribution in [1.82, 2.24) is 25.2 Å². The van der Waals surface area contributed by atoms with Crippen molar-refractivity contribution < 1.29 is 13.9 Å². The number of rotatable bonds is 6. The lowest BCUT2D eigenvalue weighted by molar-refractivity contribution is -0.139. The second kappa shape index (κ2) is 8.30. The van der Waals surface area contributed by atoms with Gasteiger partial charge < -0.3 is 9.15 Å². The van der Waals surface area contributed by atoms with Crippen LogP contribution in [0.3, 0.4) is 0 Å². The van der Waals surface area contributed by atoms with Crippen LogP contribution in [0.2, 0.25) is 0 Å². The summed E-state index contributed by atoms with van der Waals surface area (Å²) in [6.45, 7) is 1.59. The van der Waals surface area contributed by atoms with Crippen molar-refractivity contribution in [2.45, 2.75) is 13.5 Å². The van der Waals surface area contributed by atoms with Gasteiger partial charge in [-0.2, -0.15) is 4.68 Å². The van der Waals surface area contributed by atoms with Gasteiger partial charge in [-0.1, -0.05) is 60.7 Å². The molecule has 2 aromatic heterocycles. The van der Waals surface area contributed by atoms with E-state index >= 15 is 0 Å². The first-order chi connectivity index (χ1) is 14.2. The highest BCUT2D eigenvalue weighted by Crippen LogP contribution is 2.20. The van der Waals surface area contributed by atoms with Gasteiger partial charge in [0, 0.05) is 5.56 Å². The molecule has 0 unspecified atom stereocenters. The van der Waals surface area contributed by atoms with E-state index in [1.54, 1.807) is 19.2 Å². The highest BCUT2D eigenvalue weighted by molar-refractivity contribution is 6.15. The fraction of sp³-hybridized carbons (Fsp3) is 0.0952. The number of aryl methyl sites for hydroxylation is 1. The molecule has 2 heterocycles. The summed E-state index contributed by atoms with van der Waals surface area (Å²) in [6, 6.07) is 18.9. The monoisotopic (exact) mass is 387 g/mol. The average molecular weight is 387 g/mol. The molecule has 2 aromatic carbocycles. The van der Waals surface area contributed by atoms with Gasteiger partial charge in [0.2, 0.25) is 5.89 Å². The summed E-state index contributed by atoms with van der Waals surface area (Å²) in [5, 5.41) is 11.3. The van der Waals surface area contributed by atoms with Crippen LogP contribution in [0.15, 0.2) is 71.3 Å². The van der Waals surface area contributed by atoms with Crippen molar-refractivity contribution in [1.29, 1.82) is 0 Å². The van der Waals surface area contributed by atoms with Gasteiger partial charge in [-0.15, -0.1) is 5.10 Å². The van der Waals surface area contributed by atoms with Gasteiger partial charge in [-0.3, -0.25) is 0 Å². The first kappa shape index (κ1) is 18.3. The van der Waals surface area contributed by atoms with Crippen LogP contribution in [0.5, 0.6) is 0 Å². The molecule has 0 atom stereocenters. The van der Waals surface area contributed by atoms with E-state index in [2.05, 4.69) is 20.5 Å². The summed E-state index contributed by atoms with van der Waals surface area (Å²) in [6.07, 6.45) is 3.27. The largest absolute Gasteiger partial charge is 0.451 e. The Balaban J connectivity index is 1.53. The molecular formula is C21H17N5O3. The van der Waals surface area contributed by atoms with Crippen LogP contribution in [-0.2, 0) is 16.1 Å². The van der Waals surface area contributed by atoms with Gasteiger partial charge in [0.1, 0.15) is 0 Å². The Bertz CT molecular complexity index is 1130. The highest BCUT2D eigenvalue weighted by atomic mass is 16.5. The van der Waals surface area contributed by atoms with Crippen LogP contribution in [0.1, 0.15) is 17.3 Å². The third-order valence-electron chi connectivity index (χ3n) is 4.10. The van der Waals surface area contributed by atoms with Crippen LogP contribution in [0.4, 0.5) is 0 Å². The highest BCUT2D eigenvalue weighted by Gasteiger charge is 2.19. The number of hydrogen-bond donors (Lipinski definition) is 0. The molecule has 8 heteroatoms. The second-order valence-corrected chi connectivity index (χ2v) is 6.14. The van der Waals surface area contributed by atoms with Gasteiger partial charge >= 0.3 is 5.97 Å². The maximum atomic E-state index is 12.8. The van der Waals surface area contributed by atoms with E-state index in [-0.39, 0.29) is 12.3 Å². The van der Waals surface area contributed by atoms with Crippen molar-refractivity contribution in [3.8, 4) is 11.3 Å². The van der Waals surface area contributed by atoms with Gasteiger partial charge in [-0.05, 0) is 29.0 Å². The molecule has 4 rings (SSSR count). The molecular weight excluding hydrogens is 370 g/mol. The van der Waals surface area contributed by atoms with Gasteiger partial charge in [0.05, 0.1) is 6.20 Å². The summed E-state index contributed by atoms with van der Waals surface area (Å²) in [5.74, 6) is 0.771. The summed E-state index contributed by atoms with van der Waals surface area (Å²) >= 11 is 0. The maximum Gasteiger partial charge on any atom is 0.357 e. The van der Waals surface area contributed by atoms with E-state index in [4.69, 9.17) is 9.15 Å². The lowest BCUT2D eigenvalue weighted by Crippen LogP contribution is -2.15. The number of nitrogens with zero attached hydrogens (tertiary/aromatic N) is 5. The van der Waals surface area contributed by atoms with E-state index < -0.39 is 5.97 Å². The van der Waals surface area contributed by atoms with E-state index in [0.29, 0.717) is 17.5 Å². The molecule has 144 valence electrons. The molecule has 8 nitrogen and oxygen atoms in total. The fourth-order valence-corrected chi connectivity index (χ4v) is 2.68. The standard InChI is InChI=1S/C21H17N5O3/c1-15-23-24-25-26(15)18(12-16-8-4-2-5-9-16)21(27)28-14-20-22-13-19(29-20)17-10-6-3-7-11-17/h2-13H,14H2,1H3. The Kier molecular flexibility index (Phi) is 5.24. The zero-order chi connectivity index (χ0) is 20.1. The molecule has 0 amide bonds. The first-order valence-electron chi connectivity index (χ1n) is 8.90. The molecule has 0 aliphatic heterocycles. The summed E-state index contributed by atoms with van der Waals surface area (Å²) in [4.78, 5) is 16.9. The Hall–Kier alpha value is -4.07. The zero-order valence-corrected chi connectivity index (χ0v) is 15.6. The van der Waals surface area contributed by atoms with Crippen molar-refractivity contribution in [3.63, 3.8) is 0 Å². The van der Waals surface area contributed by atoms with Crippen LogP contribution in [0.25, 0.3) is 23.1 Å². The number of carbonyl (C=O) groups is 1. The number of hydrogen-bond acceptors (Lipinski definition) is 7. The Morgan fingerprint density at radius 1 is 1.10 bits per heavy atom. The maximum absolute atomic E-state index is 12.8. The number of aromatic nitrogens is 5. The molecule has 0 aliphatic carbocycles. The number of benzene rings is 2. The molecule has 0 radical (unpaired) electrons. The lowest BCUT2D eigenvalue weighted by atomic mass is 10.2. The lowest BCUT2D eigenvalue weighted by Gasteiger charge is -2.08. The smallest absolute Gasteiger partial charge is 0.357 e. The fourth-order valence-electron chi connectivity index (χ4n) is 2.68. The van der Waals surface area contributed by atoms with Crippen LogP contribution in [0, 0.1) is 6.92 Å². The third kappa shape index (κ3) is 4.27. The molecule has 4 aromatic rings. The number of oxazole rings is 1. The summed E-state index contributed by atoms with van der Waals surface area (Å²) in [7, 11) is 0. The summed E-state index contributed by atoms with van der Waals surface area (Å²) < 4.78 is 12.4.